The highest BCUT2D eigenvalue weighted by atomic mass is 32.1. The molecule has 2 heterocycles. The van der Waals surface area contributed by atoms with Gasteiger partial charge in [0.05, 0.1) is 37.3 Å². The van der Waals surface area contributed by atoms with Gasteiger partial charge < -0.3 is 9.47 Å². The van der Waals surface area contributed by atoms with E-state index < -0.39 is 5.97 Å². The van der Waals surface area contributed by atoms with Crippen molar-refractivity contribution in [3.8, 4) is 5.88 Å². The van der Waals surface area contributed by atoms with Gasteiger partial charge in [0.25, 0.3) is 0 Å². The molecule has 0 aliphatic rings. The molecule has 19 heavy (non-hydrogen) atoms. The Morgan fingerprint density at radius 3 is 2.95 bits per heavy atom. The SMILES string of the molecule is COC(=O)c1cncc(OCCc2scnc2C)n1. The highest BCUT2D eigenvalue weighted by Crippen LogP contribution is 2.13. The molecular weight excluding hydrogens is 266 g/mol. The lowest BCUT2D eigenvalue weighted by Crippen LogP contribution is -2.08. The van der Waals surface area contributed by atoms with Gasteiger partial charge in [-0.2, -0.15) is 0 Å². The summed E-state index contributed by atoms with van der Waals surface area (Å²) in [6, 6.07) is 0. The van der Waals surface area contributed by atoms with Gasteiger partial charge in [-0.25, -0.2) is 14.8 Å². The molecule has 0 fully saturated rings. The first kappa shape index (κ1) is 13.4. The van der Waals surface area contributed by atoms with Crippen molar-refractivity contribution in [3.63, 3.8) is 0 Å². The summed E-state index contributed by atoms with van der Waals surface area (Å²) in [6.45, 7) is 2.42. The normalized spacial score (nSPS) is 10.2. The second-order valence-electron chi connectivity index (χ2n) is 3.69. The maximum absolute atomic E-state index is 11.3. The van der Waals surface area contributed by atoms with Crippen LogP contribution in [0.25, 0.3) is 0 Å². The van der Waals surface area contributed by atoms with E-state index in [0.717, 1.165) is 12.1 Å². The van der Waals surface area contributed by atoms with Crippen molar-refractivity contribution in [1.82, 2.24) is 15.0 Å². The van der Waals surface area contributed by atoms with E-state index in [1.165, 1.54) is 24.4 Å². The fourth-order valence-electron chi connectivity index (χ4n) is 1.43. The number of methoxy groups -OCH3 is 1. The summed E-state index contributed by atoms with van der Waals surface area (Å²) in [7, 11) is 1.30. The number of aryl methyl sites for hydroxylation is 1. The molecule has 0 spiro atoms. The number of nitrogens with zero attached hydrogens (tertiary/aromatic N) is 3. The molecule has 0 atom stereocenters. The van der Waals surface area contributed by atoms with Crippen LogP contribution in [0.15, 0.2) is 17.9 Å². The van der Waals surface area contributed by atoms with Gasteiger partial charge in [-0.05, 0) is 6.92 Å². The molecule has 0 radical (unpaired) electrons. The Hall–Kier alpha value is -2.02. The van der Waals surface area contributed by atoms with Crippen LogP contribution in [-0.2, 0) is 11.2 Å². The zero-order chi connectivity index (χ0) is 13.7. The molecule has 7 heteroatoms. The number of esters is 1. The minimum atomic E-state index is -0.531. The third-order valence-corrected chi connectivity index (χ3v) is 3.43. The summed E-state index contributed by atoms with van der Waals surface area (Å²) in [6.07, 6.45) is 3.55. The van der Waals surface area contributed by atoms with E-state index in [0.29, 0.717) is 12.5 Å². The highest BCUT2D eigenvalue weighted by molar-refractivity contribution is 7.09. The average molecular weight is 279 g/mol. The molecular formula is C12H13N3O3S. The first-order chi connectivity index (χ1) is 9.20. The van der Waals surface area contributed by atoms with Gasteiger partial charge in [0.15, 0.2) is 5.69 Å². The van der Waals surface area contributed by atoms with E-state index >= 15 is 0 Å². The van der Waals surface area contributed by atoms with Crippen LogP contribution in [-0.4, -0.2) is 34.6 Å². The molecule has 0 aliphatic carbocycles. The van der Waals surface area contributed by atoms with E-state index in [1.54, 1.807) is 11.3 Å². The van der Waals surface area contributed by atoms with Crippen LogP contribution in [0.1, 0.15) is 21.1 Å². The van der Waals surface area contributed by atoms with Crippen LogP contribution in [0, 0.1) is 6.92 Å². The third-order valence-electron chi connectivity index (χ3n) is 2.43. The minimum Gasteiger partial charge on any atom is -0.476 e. The molecule has 0 saturated carbocycles. The number of rotatable bonds is 5. The summed E-state index contributed by atoms with van der Waals surface area (Å²) in [5.74, 6) is -0.221. The largest absolute Gasteiger partial charge is 0.476 e. The zero-order valence-electron chi connectivity index (χ0n) is 10.6. The monoisotopic (exact) mass is 279 g/mol. The number of thiazole rings is 1. The number of carbonyl (C=O) groups is 1. The van der Waals surface area contributed by atoms with E-state index in [1.807, 2.05) is 12.4 Å². The summed E-state index contributed by atoms with van der Waals surface area (Å²) in [5.41, 5.74) is 2.96. The van der Waals surface area contributed by atoms with Gasteiger partial charge >= 0.3 is 5.97 Å². The zero-order valence-corrected chi connectivity index (χ0v) is 11.4. The summed E-state index contributed by atoms with van der Waals surface area (Å²) < 4.78 is 10.0. The molecule has 0 aromatic carbocycles. The molecule has 2 aromatic rings. The highest BCUT2D eigenvalue weighted by Gasteiger charge is 2.09. The van der Waals surface area contributed by atoms with E-state index in [4.69, 9.17) is 4.74 Å². The summed E-state index contributed by atoms with van der Waals surface area (Å²) in [4.78, 5) is 24.5. The second kappa shape index (κ2) is 6.24. The lowest BCUT2D eigenvalue weighted by atomic mass is 10.3. The number of hydrogen-bond donors (Lipinski definition) is 0. The Morgan fingerprint density at radius 2 is 2.26 bits per heavy atom. The van der Waals surface area contributed by atoms with Crippen molar-refractivity contribution < 1.29 is 14.3 Å². The first-order valence-electron chi connectivity index (χ1n) is 5.63. The van der Waals surface area contributed by atoms with Crippen LogP contribution < -0.4 is 4.74 Å². The van der Waals surface area contributed by atoms with Crippen LogP contribution in [0.4, 0.5) is 0 Å². The van der Waals surface area contributed by atoms with Crippen molar-refractivity contribution in [2.75, 3.05) is 13.7 Å². The molecule has 0 unspecified atom stereocenters. The predicted molar refractivity (Wildman–Crippen MR) is 69.4 cm³/mol. The lowest BCUT2D eigenvalue weighted by molar-refractivity contribution is 0.0592. The molecule has 0 N–H and O–H groups in total. The van der Waals surface area contributed by atoms with Crippen molar-refractivity contribution in [2.24, 2.45) is 0 Å². The summed E-state index contributed by atoms with van der Waals surface area (Å²) >= 11 is 1.60. The van der Waals surface area contributed by atoms with Crippen LogP contribution in [0.2, 0.25) is 0 Å². The first-order valence-corrected chi connectivity index (χ1v) is 6.51. The Bertz CT molecular complexity index is 571. The molecule has 0 bridgehead atoms. The Labute approximate surface area is 114 Å². The van der Waals surface area contributed by atoms with Crippen molar-refractivity contribution >= 4 is 17.3 Å². The van der Waals surface area contributed by atoms with Crippen molar-refractivity contribution in [1.29, 1.82) is 0 Å². The molecule has 0 saturated heterocycles. The molecule has 6 nitrogen and oxygen atoms in total. The fraction of sp³-hybridized carbons (Fsp3) is 0.333. The topological polar surface area (TPSA) is 74.2 Å². The smallest absolute Gasteiger partial charge is 0.358 e. The number of aromatic nitrogens is 3. The molecule has 100 valence electrons. The number of hydrogen-bond acceptors (Lipinski definition) is 7. The number of carbonyl (C=O) groups excluding carboxylic acids is 1. The van der Waals surface area contributed by atoms with Gasteiger partial charge in [0.1, 0.15) is 0 Å². The van der Waals surface area contributed by atoms with Crippen LogP contribution >= 0.6 is 11.3 Å². The maximum Gasteiger partial charge on any atom is 0.358 e. The Balaban J connectivity index is 1.93. The quantitative estimate of drug-likeness (QED) is 0.775. The second-order valence-corrected chi connectivity index (χ2v) is 4.63. The summed E-state index contributed by atoms with van der Waals surface area (Å²) in [5, 5.41) is 0. The third kappa shape index (κ3) is 3.47. The van der Waals surface area contributed by atoms with E-state index in [9.17, 15) is 4.79 Å². The van der Waals surface area contributed by atoms with E-state index in [-0.39, 0.29) is 5.69 Å². The van der Waals surface area contributed by atoms with Gasteiger partial charge in [-0.15, -0.1) is 11.3 Å². The Morgan fingerprint density at radius 1 is 1.42 bits per heavy atom. The van der Waals surface area contributed by atoms with E-state index in [2.05, 4.69) is 19.7 Å². The molecule has 2 aromatic heterocycles. The lowest BCUT2D eigenvalue weighted by Gasteiger charge is -2.05. The Kier molecular flexibility index (Phi) is 4.40. The number of ether oxygens (including phenoxy) is 2. The maximum atomic E-state index is 11.3. The minimum absolute atomic E-state index is 0.133. The van der Waals surface area contributed by atoms with Gasteiger partial charge in [0, 0.05) is 11.3 Å². The molecule has 2 rings (SSSR count). The van der Waals surface area contributed by atoms with Crippen LogP contribution in [0.3, 0.4) is 0 Å². The van der Waals surface area contributed by atoms with Crippen LogP contribution in [0.5, 0.6) is 5.88 Å². The average Bonchev–Trinajstić information content (AvgIpc) is 2.84. The van der Waals surface area contributed by atoms with Crippen molar-refractivity contribution in [3.05, 3.63) is 34.2 Å². The van der Waals surface area contributed by atoms with Gasteiger partial charge in [-0.3, -0.25) is 4.98 Å². The molecule has 0 amide bonds. The fourth-order valence-corrected chi connectivity index (χ4v) is 2.20. The predicted octanol–water partition coefficient (Wildman–Crippen LogP) is 1.65. The van der Waals surface area contributed by atoms with Crippen molar-refractivity contribution in [2.45, 2.75) is 13.3 Å². The molecule has 0 aliphatic heterocycles. The van der Waals surface area contributed by atoms with Gasteiger partial charge in [-0.1, -0.05) is 0 Å². The van der Waals surface area contributed by atoms with Gasteiger partial charge in [0.2, 0.25) is 5.88 Å². The standard InChI is InChI=1S/C12H13N3O3S/c1-8-10(19-7-14-8)3-4-18-11-6-13-5-9(15-11)12(16)17-2/h5-7H,3-4H2,1-2H3.